The number of para-hydroxylation sites is 1. The Morgan fingerprint density at radius 2 is 1.69 bits per heavy atom. The van der Waals surface area contributed by atoms with Gasteiger partial charge in [-0.25, -0.2) is 4.79 Å². The van der Waals surface area contributed by atoms with Crippen LogP contribution >= 0.6 is 0 Å². The van der Waals surface area contributed by atoms with Crippen LogP contribution in [0, 0.1) is 13.8 Å². The second-order valence-corrected chi connectivity index (χ2v) is 5.67. The minimum atomic E-state index is -0.594. The number of ether oxygens (including phenoxy) is 2. The quantitative estimate of drug-likeness (QED) is 0.634. The van der Waals surface area contributed by atoms with Gasteiger partial charge in [-0.3, -0.25) is 19.7 Å². The molecule has 0 fully saturated rings. The molecule has 0 saturated carbocycles. The number of aromatic nitrogens is 1. The molecule has 0 spiro atoms. The van der Waals surface area contributed by atoms with Crippen molar-refractivity contribution in [1.29, 1.82) is 0 Å². The van der Waals surface area contributed by atoms with Crippen LogP contribution in [0.15, 0.2) is 24.3 Å². The highest BCUT2D eigenvalue weighted by Crippen LogP contribution is 2.24. The van der Waals surface area contributed by atoms with Crippen LogP contribution in [-0.2, 0) is 4.74 Å². The molecule has 0 atom stereocenters. The summed E-state index contributed by atoms with van der Waals surface area (Å²) in [6.07, 6.45) is 0. The smallest absolute Gasteiger partial charge is 0.340 e. The van der Waals surface area contributed by atoms with Crippen molar-refractivity contribution in [3.8, 4) is 5.75 Å². The van der Waals surface area contributed by atoms with E-state index in [0.717, 1.165) is 0 Å². The summed E-state index contributed by atoms with van der Waals surface area (Å²) in [5.41, 5.74) is 4.34. The van der Waals surface area contributed by atoms with Crippen LogP contribution in [-0.4, -0.2) is 36.1 Å². The third-order valence-corrected chi connectivity index (χ3v) is 4.04. The van der Waals surface area contributed by atoms with Gasteiger partial charge in [0.1, 0.15) is 5.75 Å². The van der Waals surface area contributed by atoms with Crippen LogP contribution in [0.4, 0.5) is 0 Å². The van der Waals surface area contributed by atoms with Crippen LogP contribution in [0.5, 0.6) is 5.75 Å². The number of carbonyl (C=O) groups is 3. The Morgan fingerprint density at radius 1 is 1.08 bits per heavy atom. The molecule has 0 saturated heterocycles. The van der Waals surface area contributed by atoms with E-state index in [9.17, 15) is 14.4 Å². The van der Waals surface area contributed by atoms with Gasteiger partial charge in [-0.2, -0.15) is 0 Å². The summed E-state index contributed by atoms with van der Waals surface area (Å²) < 4.78 is 11.7. The number of rotatable bonds is 6. The minimum absolute atomic E-state index is 0.164. The summed E-state index contributed by atoms with van der Waals surface area (Å²) >= 11 is 0. The maximum atomic E-state index is 12.7. The largest absolute Gasteiger partial charge is 0.496 e. The predicted molar refractivity (Wildman–Crippen MR) is 96.6 cm³/mol. The molecule has 1 aromatic heterocycles. The van der Waals surface area contributed by atoms with Gasteiger partial charge in [0, 0.05) is 5.69 Å². The Kier molecular flexibility index (Phi) is 5.82. The lowest BCUT2D eigenvalue weighted by molar-refractivity contribution is 0.0522. The minimum Gasteiger partial charge on any atom is -0.496 e. The van der Waals surface area contributed by atoms with Crippen molar-refractivity contribution in [1.82, 2.24) is 4.68 Å². The van der Waals surface area contributed by atoms with Crippen molar-refractivity contribution in [2.45, 2.75) is 27.7 Å². The molecule has 0 radical (unpaired) electrons. The molecule has 26 heavy (non-hydrogen) atoms. The second kappa shape index (κ2) is 7.86. The molecule has 0 unspecified atom stereocenters. The van der Waals surface area contributed by atoms with E-state index in [4.69, 9.17) is 9.47 Å². The molecule has 1 aromatic carbocycles. The molecule has 0 bridgehead atoms. The maximum Gasteiger partial charge on any atom is 0.340 e. The van der Waals surface area contributed by atoms with Gasteiger partial charge in [-0.05, 0) is 39.8 Å². The summed E-state index contributed by atoms with van der Waals surface area (Å²) in [7, 11) is 1.48. The number of ketones is 1. The van der Waals surface area contributed by atoms with Gasteiger partial charge < -0.3 is 9.47 Å². The Balaban J connectivity index is 2.50. The van der Waals surface area contributed by atoms with Crippen LogP contribution in [0.2, 0.25) is 0 Å². The lowest BCUT2D eigenvalue weighted by atomic mass is 10.1. The van der Waals surface area contributed by atoms with Crippen molar-refractivity contribution in [2.75, 3.05) is 19.1 Å². The molecule has 1 heterocycles. The van der Waals surface area contributed by atoms with E-state index in [1.807, 2.05) is 0 Å². The lowest BCUT2D eigenvalue weighted by Crippen LogP contribution is -2.25. The molecule has 2 rings (SSSR count). The Labute approximate surface area is 151 Å². The highest BCUT2D eigenvalue weighted by Gasteiger charge is 2.27. The predicted octanol–water partition coefficient (Wildman–Crippen LogP) is 2.88. The van der Waals surface area contributed by atoms with Gasteiger partial charge in [-0.1, -0.05) is 12.1 Å². The summed E-state index contributed by atoms with van der Waals surface area (Å²) in [5.74, 6) is -0.874. The highest BCUT2D eigenvalue weighted by atomic mass is 16.5. The van der Waals surface area contributed by atoms with E-state index in [0.29, 0.717) is 22.7 Å². The van der Waals surface area contributed by atoms with Crippen LogP contribution in [0.25, 0.3) is 0 Å². The lowest BCUT2D eigenvalue weighted by Gasteiger charge is -2.13. The fourth-order valence-corrected chi connectivity index (χ4v) is 2.88. The average Bonchev–Trinajstić information content (AvgIpc) is 2.86. The maximum absolute atomic E-state index is 12.7. The third-order valence-electron chi connectivity index (χ3n) is 4.04. The number of carbonyl (C=O) groups excluding carboxylic acids is 3. The first kappa shape index (κ1) is 19.2. The van der Waals surface area contributed by atoms with Gasteiger partial charge in [-0.15, -0.1) is 0 Å². The molecule has 2 aromatic rings. The summed E-state index contributed by atoms with van der Waals surface area (Å²) in [5, 5.41) is 0. The number of esters is 1. The van der Waals surface area contributed by atoms with E-state index in [2.05, 4.69) is 5.43 Å². The van der Waals surface area contributed by atoms with Gasteiger partial charge in [0.15, 0.2) is 5.78 Å². The number of Topliss-reactive ketones (excluding diaryl/α,β-unsaturated/α-hetero) is 1. The van der Waals surface area contributed by atoms with Crippen molar-refractivity contribution >= 4 is 17.7 Å². The summed E-state index contributed by atoms with van der Waals surface area (Å²) in [6.45, 7) is 6.56. The zero-order valence-corrected chi connectivity index (χ0v) is 15.5. The Hall–Kier alpha value is -3.09. The van der Waals surface area contributed by atoms with Crippen molar-refractivity contribution in [3.63, 3.8) is 0 Å². The Bertz CT molecular complexity index is 867. The molecule has 0 aliphatic rings. The molecule has 1 N–H and O–H groups in total. The second-order valence-electron chi connectivity index (χ2n) is 5.67. The van der Waals surface area contributed by atoms with Crippen molar-refractivity contribution in [2.24, 2.45) is 0 Å². The normalized spacial score (nSPS) is 10.3. The summed E-state index contributed by atoms with van der Waals surface area (Å²) in [6, 6.07) is 6.78. The third kappa shape index (κ3) is 3.46. The number of hydrogen-bond donors (Lipinski definition) is 1. The zero-order valence-electron chi connectivity index (χ0n) is 15.5. The van der Waals surface area contributed by atoms with Gasteiger partial charge in [0.2, 0.25) is 0 Å². The van der Waals surface area contributed by atoms with Crippen LogP contribution in [0.1, 0.15) is 56.3 Å². The summed E-state index contributed by atoms with van der Waals surface area (Å²) in [4.78, 5) is 37.0. The van der Waals surface area contributed by atoms with Gasteiger partial charge >= 0.3 is 5.97 Å². The number of nitrogens with one attached hydrogen (secondary N) is 1. The van der Waals surface area contributed by atoms with Gasteiger partial charge in [0.25, 0.3) is 5.91 Å². The Morgan fingerprint density at radius 3 is 2.27 bits per heavy atom. The molecule has 7 nitrogen and oxygen atoms in total. The van der Waals surface area contributed by atoms with Crippen LogP contribution in [0.3, 0.4) is 0 Å². The van der Waals surface area contributed by atoms with E-state index in [1.54, 1.807) is 45.0 Å². The highest BCUT2D eigenvalue weighted by molar-refractivity contribution is 6.08. The van der Waals surface area contributed by atoms with E-state index in [-0.39, 0.29) is 23.5 Å². The molecule has 7 heteroatoms. The number of methoxy groups -OCH3 is 1. The first-order valence-electron chi connectivity index (χ1n) is 8.17. The SMILES string of the molecule is CCOC(=O)c1c(C(C)=O)c(C)n(NC(=O)c2ccccc2OC)c1C. The topological polar surface area (TPSA) is 86.6 Å². The first-order chi connectivity index (χ1) is 12.3. The van der Waals surface area contributed by atoms with Gasteiger partial charge in [0.05, 0.1) is 36.1 Å². The first-order valence-corrected chi connectivity index (χ1v) is 8.17. The molecular weight excluding hydrogens is 336 g/mol. The average molecular weight is 358 g/mol. The molecule has 138 valence electrons. The number of amides is 1. The number of hydrogen-bond acceptors (Lipinski definition) is 5. The molecule has 0 aliphatic carbocycles. The molecule has 0 aliphatic heterocycles. The van der Waals surface area contributed by atoms with Crippen molar-refractivity contribution < 1.29 is 23.9 Å². The number of benzene rings is 1. The monoisotopic (exact) mass is 358 g/mol. The van der Waals surface area contributed by atoms with Crippen LogP contribution < -0.4 is 10.2 Å². The van der Waals surface area contributed by atoms with Crippen molar-refractivity contribution in [3.05, 3.63) is 52.3 Å². The zero-order chi connectivity index (χ0) is 19.4. The van der Waals surface area contributed by atoms with E-state index < -0.39 is 11.9 Å². The van der Waals surface area contributed by atoms with E-state index in [1.165, 1.54) is 18.7 Å². The van der Waals surface area contributed by atoms with E-state index >= 15 is 0 Å². The fraction of sp³-hybridized carbons (Fsp3) is 0.316. The fourth-order valence-electron chi connectivity index (χ4n) is 2.88. The molecular formula is C19H22N2O5. The standard InChI is InChI=1S/C19H22N2O5/c1-6-26-19(24)17-12(3)21(11(2)16(17)13(4)22)20-18(23)14-9-7-8-10-15(14)25-5/h7-10H,6H2,1-5H3,(H,20,23). The number of nitrogens with zero attached hydrogens (tertiary/aromatic N) is 1. The molecule has 1 amide bonds.